The molecule has 0 aliphatic heterocycles. The number of hydrogen-bond acceptors (Lipinski definition) is 2. The van der Waals surface area contributed by atoms with E-state index in [1.165, 1.54) is 0 Å². The topological polar surface area (TPSA) is 39.7 Å². The van der Waals surface area contributed by atoms with Crippen LogP contribution in [0.25, 0.3) is 0 Å². The SMILES string of the molecule is CCNC(=NCCC(F)(F)F)NCCN(C)C(C)CC. The molecular weight excluding hydrogens is 269 g/mol. The number of hydrogen-bond donors (Lipinski definition) is 2. The van der Waals surface area contributed by atoms with Gasteiger partial charge in [-0.25, -0.2) is 0 Å². The predicted molar refractivity (Wildman–Crippen MR) is 77.0 cm³/mol. The molecule has 0 rings (SSSR count). The Bertz CT molecular complexity index is 279. The van der Waals surface area contributed by atoms with Gasteiger partial charge < -0.3 is 15.5 Å². The third kappa shape index (κ3) is 9.89. The molecular formula is C13H27F3N4. The number of halogens is 3. The molecule has 0 aromatic carbocycles. The van der Waals surface area contributed by atoms with Crippen molar-refractivity contribution in [3.63, 3.8) is 0 Å². The first-order valence-electron chi connectivity index (χ1n) is 7.09. The van der Waals surface area contributed by atoms with Gasteiger partial charge >= 0.3 is 6.18 Å². The summed E-state index contributed by atoms with van der Waals surface area (Å²) in [6.45, 7) is 7.99. The van der Waals surface area contributed by atoms with Crippen LogP contribution in [0, 0.1) is 0 Å². The number of nitrogens with zero attached hydrogens (tertiary/aromatic N) is 2. The number of guanidine groups is 1. The minimum absolute atomic E-state index is 0.250. The Balaban J connectivity index is 4.11. The van der Waals surface area contributed by atoms with Gasteiger partial charge in [0.15, 0.2) is 5.96 Å². The monoisotopic (exact) mass is 296 g/mol. The number of nitrogens with one attached hydrogen (secondary N) is 2. The van der Waals surface area contributed by atoms with Crippen LogP contribution in [0.1, 0.15) is 33.6 Å². The molecule has 0 aromatic rings. The zero-order valence-electron chi connectivity index (χ0n) is 12.8. The molecule has 0 heterocycles. The lowest BCUT2D eigenvalue weighted by Gasteiger charge is -2.24. The Labute approximate surface area is 119 Å². The van der Waals surface area contributed by atoms with Gasteiger partial charge in [0.25, 0.3) is 0 Å². The van der Waals surface area contributed by atoms with Crippen molar-refractivity contribution in [1.82, 2.24) is 15.5 Å². The molecule has 0 bridgehead atoms. The normalized spacial score (nSPS) is 14.5. The van der Waals surface area contributed by atoms with Crippen molar-refractivity contribution in [3.05, 3.63) is 0 Å². The van der Waals surface area contributed by atoms with E-state index in [0.717, 1.165) is 13.0 Å². The minimum atomic E-state index is -4.16. The van der Waals surface area contributed by atoms with Crippen molar-refractivity contribution in [3.8, 4) is 0 Å². The molecule has 0 saturated heterocycles. The largest absolute Gasteiger partial charge is 0.390 e. The quantitative estimate of drug-likeness (QED) is 0.533. The van der Waals surface area contributed by atoms with Crippen LogP contribution in [-0.4, -0.2) is 56.3 Å². The lowest BCUT2D eigenvalue weighted by Crippen LogP contribution is -2.42. The Hall–Kier alpha value is -0.980. The second-order valence-corrected chi connectivity index (χ2v) is 4.79. The summed E-state index contributed by atoms with van der Waals surface area (Å²) in [5.41, 5.74) is 0. The predicted octanol–water partition coefficient (Wildman–Crippen LogP) is 2.22. The number of likely N-dealkylation sites (N-methyl/N-ethyl adjacent to an activating group) is 1. The number of alkyl halides is 3. The van der Waals surface area contributed by atoms with E-state index in [-0.39, 0.29) is 6.54 Å². The van der Waals surface area contributed by atoms with Crippen molar-refractivity contribution >= 4 is 5.96 Å². The van der Waals surface area contributed by atoms with Crippen LogP contribution in [0.5, 0.6) is 0 Å². The van der Waals surface area contributed by atoms with Crippen molar-refractivity contribution in [2.24, 2.45) is 4.99 Å². The first kappa shape index (κ1) is 19.0. The zero-order valence-corrected chi connectivity index (χ0v) is 12.8. The van der Waals surface area contributed by atoms with Crippen molar-refractivity contribution in [1.29, 1.82) is 0 Å². The molecule has 1 atom stereocenters. The molecule has 1 unspecified atom stereocenters. The molecule has 0 aliphatic rings. The van der Waals surface area contributed by atoms with Crippen molar-refractivity contribution in [2.75, 3.05) is 33.2 Å². The molecule has 2 N–H and O–H groups in total. The van der Waals surface area contributed by atoms with E-state index in [0.29, 0.717) is 25.1 Å². The van der Waals surface area contributed by atoms with E-state index in [2.05, 4.69) is 34.4 Å². The zero-order chi connectivity index (χ0) is 15.6. The first-order chi connectivity index (χ1) is 9.30. The highest BCUT2D eigenvalue weighted by atomic mass is 19.4. The summed E-state index contributed by atoms with van der Waals surface area (Å²) in [6, 6.07) is 0.488. The summed E-state index contributed by atoms with van der Waals surface area (Å²) in [6.07, 6.45) is -3.98. The highest BCUT2D eigenvalue weighted by Crippen LogP contribution is 2.18. The summed E-state index contributed by atoms with van der Waals surface area (Å²) in [4.78, 5) is 6.12. The Morgan fingerprint density at radius 1 is 1.25 bits per heavy atom. The molecule has 20 heavy (non-hydrogen) atoms. The van der Waals surface area contributed by atoms with Crippen molar-refractivity contribution < 1.29 is 13.2 Å². The van der Waals surface area contributed by atoms with Gasteiger partial charge in [-0.05, 0) is 27.3 Å². The molecule has 0 aliphatic carbocycles. The fraction of sp³-hybridized carbons (Fsp3) is 0.923. The minimum Gasteiger partial charge on any atom is -0.357 e. The van der Waals surface area contributed by atoms with E-state index in [1.54, 1.807) is 0 Å². The summed E-state index contributed by atoms with van der Waals surface area (Å²) >= 11 is 0. The lowest BCUT2D eigenvalue weighted by molar-refractivity contribution is -0.132. The van der Waals surface area contributed by atoms with Crippen molar-refractivity contribution in [2.45, 2.75) is 45.8 Å². The molecule has 7 heteroatoms. The van der Waals surface area contributed by atoms with Crippen LogP contribution in [0.3, 0.4) is 0 Å². The summed E-state index contributed by atoms with van der Waals surface area (Å²) in [5.74, 6) is 0.439. The molecule has 0 fully saturated rings. The van der Waals surface area contributed by atoms with E-state index in [9.17, 15) is 13.2 Å². The highest BCUT2D eigenvalue weighted by Gasteiger charge is 2.26. The van der Waals surface area contributed by atoms with Crippen LogP contribution >= 0.6 is 0 Å². The highest BCUT2D eigenvalue weighted by molar-refractivity contribution is 5.79. The summed E-state index contributed by atoms with van der Waals surface area (Å²) in [5, 5.41) is 5.99. The van der Waals surface area contributed by atoms with Crippen LogP contribution in [0.4, 0.5) is 13.2 Å². The fourth-order valence-electron chi connectivity index (χ4n) is 1.52. The smallest absolute Gasteiger partial charge is 0.357 e. The van der Waals surface area contributed by atoms with Crippen LogP contribution in [0.2, 0.25) is 0 Å². The average molecular weight is 296 g/mol. The number of rotatable bonds is 8. The molecule has 0 aromatic heterocycles. The average Bonchev–Trinajstić information content (AvgIpc) is 2.36. The Morgan fingerprint density at radius 2 is 1.90 bits per heavy atom. The van der Waals surface area contributed by atoms with E-state index in [4.69, 9.17) is 0 Å². The Kier molecular flexibility index (Phi) is 9.37. The molecule has 0 saturated carbocycles. The van der Waals surface area contributed by atoms with Gasteiger partial charge in [0.2, 0.25) is 0 Å². The maximum atomic E-state index is 12.1. The second kappa shape index (κ2) is 9.85. The molecule has 0 radical (unpaired) electrons. The maximum Gasteiger partial charge on any atom is 0.390 e. The van der Waals surface area contributed by atoms with E-state index < -0.39 is 12.6 Å². The Morgan fingerprint density at radius 3 is 2.40 bits per heavy atom. The molecule has 0 spiro atoms. The van der Waals surface area contributed by atoms with E-state index in [1.807, 2.05) is 14.0 Å². The van der Waals surface area contributed by atoms with Gasteiger partial charge in [0, 0.05) is 25.7 Å². The first-order valence-corrected chi connectivity index (χ1v) is 7.09. The third-order valence-electron chi connectivity index (χ3n) is 3.11. The van der Waals surface area contributed by atoms with Gasteiger partial charge in [0.1, 0.15) is 0 Å². The van der Waals surface area contributed by atoms with Gasteiger partial charge in [0.05, 0.1) is 13.0 Å². The lowest BCUT2D eigenvalue weighted by atomic mass is 10.2. The molecule has 0 amide bonds. The standard InChI is InChI=1S/C13H27F3N4/c1-5-11(3)20(4)10-9-19-12(17-6-2)18-8-7-13(14,15)16/h11H,5-10H2,1-4H3,(H2,17,18,19). The van der Waals surface area contributed by atoms with Crippen LogP contribution in [-0.2, 0) is 0 Å². The van der Waals surface area contributed by atoms with Gasteiger partial charge in [-0.3, -0.25) is 4.99 Å². The summed E-state index contributed by atoms with van der Waals surface area (Å²) in [7, 11) is 2.03. The number of aliphatic imine (C=N–C) groups is 1. The fourth-order valence-corrected chi connectivity index (χ4v) is 1.52. The molecule has 4 nitrogen and oxygen atoms in total. The third-order valence-corrected chi connectivity index (χ3v) is 3.11. The van der Waals surface area contributed by atoms with Crippen LogP contribution < -0.4 is 10.6 Å². The second-order valence-electron chi connectivity index (χ2n) is 4.79. The van der Waals surface area contributed by atoms with E-state index >= 15 is 0 Å². The van der Waals surface area contributed by atoms with Gasteiger partial charge in [-0.2, -0.15) is 13.2 Å². The summed E-state index contributed by atoms with van der Waals surface area (Å²) < 4.78 is 36.2. The maximum absolute atomic E-state index is 12.1. The molecule has 120 valence electrons. The van der Waals surface area contributed by atoms with Gasteiger partial charge in [-0.15, -0.1) is 0 Å². The van der Waals surface area contributed by atoms with Crippen LogP contribution in [0.15, 0.2) is 4.99 Å². The van der Waals surface area contributed by atoms with Gasteiger partial charge in [-0.1, -0.05) is 6.92 Å².